The molecule has 0 bridgehead atoms. The van der Waals surface area contributed by atoms with Crippen molar-refractivity contribution in [2.24, 2.45) is 0 Å². The predicted octanol–water partition coefficient (Wildman–Crippen LogP) is 3.11. The maximum Gasteiger partial charge on any atom is 0.246 e. The molecule has 0 radical (unpaired) electrons. The molecule has 0 N–H and O–H groups in total. The molecule has 16 heavy (non-hydrogen) atoms. The van der Waals surface area contributed by atoms with E-state index in [-0.39, 0.29) is 10.6 Å². The number of hydrogen-bond acceptors (Lipinski definition) is 3. The van der Waals surface area contributed by atoms with E-state index in [1.165, 1.54) is 0 Å². The summed E-state index contributed by atoms with van der Waals surface area (Å²) in [4.78, 5) is 10.3. The maximum absolute atomic E-state index is 10.7. The minimum Gasteiger partial charge on any atom is -0.493 e. The molecule has 0 aromatic heterocycles. The van der Waals surface area contributed by atoms with Crippen LogP contribution >= 0.6 is 0 Å². The van der Waals surface area contributed by atoms with Gasteiger partial charge < -0.3 is 4.74 Å². The van der Waals surface area contributed by atoms with Gasteiger partial charge in [-0.3, -0.25) is 10.1 Å². The van der Waals surface area contributed by atoms with Gasteiger partial charge in [-0.15, -0.1) is 0 Å². The lowest BCUT2D eigenvalue weighted by atomic mass is 10.1. The Labute approximate surface area is 94.7 Å². The van der Waals surface area contributed by atoms with Crippen molar-refractivity contribution >= 4 is 6.08 Å². The number of ether oxygens (including phenoxy) is 1. The van der Waals surface area contributed by atoms with E-state index >= 15 is 0 Å². The minimum absolute atomic E-state index is 0.187. The van der Waals surface area contributed by atoms with Gasteiger partial charge in [-0.25, -0.2) is 0 Å². The first-order valence-electron chi connectivity index (χ1n) is 5.25. The molecule has 4 nitrogen and oxygen atoms in total. The van der Waals surface area contributed by atoms with Gasteiger partial charge in [0, 0.05) is 18.1 Å². The van der Waals surface area contributed by atoms with Crippen LogP contribution < -0.4 is 4.74 Å². The summed E-state index contributed by atoms with van der Waals surface area (Å²) in [6.45, 7) is 4.19. The summed E-state index contributed by atoms with van der Waals surface area (Å²) in [6.07, 6.45) is 1.96. The first-order valence-corrected chi connectivity index (χ1v) is 5.25. The highest BCUT2D eigenvalue weighted by atomic mass is 16.6. The highest BCUT2D eigenvalue weighted by molar-refractivity contribution is 5.58. The number of allylic oxidation sites excluding steroid dienone is 1. The summed E-state index contributed by atoms with van der Waals surface area (Å²) in [5, 5.41) is 10.7. The normalized spacial score (nSPS) is 11.2. The second-order valence-electron chi connectivity index (χ2n) is 3.22. The summed E-state index contributed by atoms with van der Waals surface area (Å²) >= 11 is 0. The Morgan fingerprint density at radius 2 is 2.12 bits per heavy atom. The lowest BCUT2D eigenvalue weighted by Gasteiger charge is -2.06. The van der Waals surface area contributed by atoms with Crippen molar-refractivity contribution < 1.29 is 9.66 Å². The molecule has 4 heteroatoms. The van der Waals surface area contributed by atoms with Gasteiger partial charge in [-0.2, -0.15) is 0 Å². The quantitative estimate of drug-likeness (QED) is 0.567. The largest absolute Gasteiger partial charge is 0.493 e. The van der Waals surface area contributed by atoms with E-state index in [4.69, 9.17) is 4.74 Å². The van der Waals surface area contributed by atoms with Gasteiger partial charge in [0.15, 0.2) is 0 Å². The third-order valence-corrected chi connectivity index (χ3v) is 2.14. The van der Waals surface area contributed by atoms with E-state index in [1.54, 1.807) is 13.0 Å². The van der Waals surface area contributed by atoms with Crippen LogP contribution in [0.1, 0.15) is 25.8 Å². The fourth-order valence-corrected chi connectivity index (χ4v) is 1.35. The molecule has 0 fully saturated rings. The molecular formula is C12H15NO3. The molecule has 0 aliphatic rings. The summed E-state index contributed by atoms with van der Waals surface area (Å²) in [7, 11) is 0. The molecule has 1 aromatic rings. The summed E-state index contributed by atoms with van der Waals surface area (Å²) in [5.74, 6) is 0.679. The van der Waals surface area contributed by atoms with Crippen molar-refractivity contribution in [2.75, 3.05) is 6.61 Å². The Morgan fingerprint density at radius 3 is 2.69 bits per heavy atom. The molecule has 0 saturated heterocycles. The standard InChI is InChI=1S/C12H15NO3/c1-3-11(13(14)15)9-10-7-5-6-8-12(10)16-4-2/h5-9H,3-4H2,1-2H3. The lowest BCUT2D eigenvalue weighted by molar-refractivity contribution is -0.425. The third kappa shape index (κ3) is 3.08. The van der Waals surface area contributed by atoms with E-state index < -0.39 is 0 Å². The van der Waals surface area contributed by atoms with Crippen LogP contribution in [0.2, 0.25) is 0 Å². The number of rotatable bonds is 5. The van der Waals surface area contributed by atoms with Gasteiger partial charge in [-0.1, -0.05) is 25.1 Å². The van der Waals surface area contributed by atoms with Crippen LogP contribution in [0, 0.1) is 10.1 Å². The van der Waals surface area contributed by atoms with Crippen LogP contribution in [0.5, 0.6) is 5.75 Å². The van der Waals surface area contributed by atoms with Crippen molar-refractivity contribution in [1.82, 2.24) is 0 Å². The molecule has 1 rings (SSSR count). The van der Waals surface area contributed by atoms with E-state index in [2.05, 4.69) is 0 Å². The first kappa shape index (κ1) is 12.2. The van der Waals surface area contributed by atoms with Gasteiger partial charge in [0.05, 0.1) is 11.5 Å². The molecule has 0 unspecified atom stereocenters. The molecular weight excluding hydrogens is 206 g/mol. The van der Waals surface area contributed by atoms with Crippen molar-refractivity contribution in [3.8, 4) is 5.75 Å². The molecule has 0 atom stereocenters. The van der Waals surface area contributed by atoms with Crippen LogP contribution in [-0.2, 0) is 0 Å². The number of nitro groups is 1. The first-order chi connectivity index (χ1) is 7.69. The highest BCUT2D eigenvalue weighted by Crippen LogP contribution is 2.21. The molecule has 0 heterocycles. The van der Waals surface area contributed by atoms with Crippen LogP contribution in [0.25, 0.3) is 6.08 Å². The zero-order valence-electron chi connectivity index (χ0n) is 9.47. The molecule has 0 aliphatic carbocycles. The van der Waals surface area contributed by atoms with Gasteiger partial charge in [0.25, 0.3) is 0 Å². The van der Waals surface area contributed by atoms with Crippen molar-refractivity contribution in [3.05, 3.63) is 45.6 Å². The van der Waals surface area contributed by atoms with E-state index in [0.29, 0.717) is 18.8 Å². The average molecular weight is 221 g/mol. The average Bonchev–Trinajstić information content (AvgIpc) is 2.27. The Morgan fingerprint density at radius 1 is 1.44 bits per heavy atom. The number of hydrogen-bond donors (Lipinski definition) is 0. The van der Waals surface area contributed by atoms with Crippen LogP contribution in [0.4, 0.5) is 0 Å². The number of nitrogens with zero attached hydrogens (tertiary/aromatic N) is 1. The molecule has 0 aliphatic heterocycles. The highest BCUT2D eigenvalue weighted by Gasteiger charge is 2.09. The predicted molar refractivity (Wildman–Crippen MR) is 62.9 cm³/mol. The third-order valence-electron chi connectivity index (χ3n) is 2.14. The van der Waals surface area contributed by atoms with Gasteiger partial charge in [0.1, 0.15) is 5.75 Å². The van der Waals surface area contributed by atoms with Gasteiger partial charge in [0.2, 0.25) is 5.70 Å². The molecule has 86 valence electrons. The minimum atomic E-state index is -0.358. The Kier molecular flexibility index (Phi) is 4.51. The van der Waals surface area contributed by atoms with Crippen LogP contribution in [-0.4, -0.2) is 11.5 Å². The topological polar surface area (TPSA) is 52.4 Å². The van der Waals surface area contributed by atoms with Crippen LogP contribution in [0.3, 0.4) is 0 Å². The number of benzene rings is 1. The second-order valence-corrected chi connectivity index (χ2v) is 3.22. The van der Waals surface area contributed by atoms with E-state index in [9.17, 15) is 10.1 Å². The fourth-order valence-electron chi connectivity index (χ4n) is 1.35. The molecule has 0 spiro atoms. The van der Waals surface area contributed by atoms with Crippen molar-refractivity contribution in [1.29, 1.82) is 0 Å². The zero-order chi connectivity index (χ0) is 12.0. The lowest BCUT2D eigenvalue weighted by Crippen LogP contribution is -1.98. The molecule has 0 amide bonds. The van der Waals surface area contributed by atoms with E-state index in [0.717, 1.165) is 5.56 Å². The number of para-hydroxylation sites is 1. The Balaban J connectivity index is 3.07. The smallest absolute Gasteiger partial charge is 0.246 e. The summed E-state index contributed by atoms with van der Waals surface area (Å²) in [5.41, 5.74) is 0.935. The fraction of sp³-hybridized carbons (Fsp3) is 0.333. The maximum atomic E-state index is 10.7. The van der Waals surface area contributed by atoms with Crippen molar-refractivity contribution in [3.63, 3.8) is 0 Å². The summed E-state index contributed by atoms with van der Waals surface area (Å²) < 4.78 is 5.39. The van der Waals surface area contributed by atoms with Gasteiger partial charge >= 0.3 is 0 Å². The van der Waals surface area contributed by atoms with Crippen molar-refractivity contribution in [2.45, 2.75) is 20.3 Å². The SMILES string of the molecule is CCOc1ccccc1C=C(CC)[N+](=O)[O-]. The Bertz CT molecular complexity index is 399. The monoisotopic (exact) mass is 221 g/mol. The Hall–Kier alpha value is -1.84. The molecule has 0 saturated carbocycles. The zero-order valence-corrected chi connectivity index (χ0v) is 9.47. The molecule has 1 aromatic carbocycles. The summed E-state index contributed by atoms with van der Waals surface area (Å²) in [6, 6.07) is 7.30. The second kappa shape index (κ2) is 5.90. The van der Waals surface area contributed by atoms with E-state index in [1.807, 2.05) is 31.2 Å². The van der Waals surface area contributed by atoms with Gasteiger partial charge in [-0.05, 0) is 13.0 Å². The van der Waals surface area contributed by atoms with Crippen LogP contribution in [0.15, 0.2) is 30.0 Å².